The van der Waals surface area contributed by atoms with E-state index in [0.717, 1.165) is 0 Å². The van der Waals surface area contributed by atoms with Gasteiger partial charge in [-0.05, 0) is 12.3 Å². The summed E-state index contributed by atoms with van der Waals surface area (Å²) in [6.45, 7) is 0. The van der Waals surface area contributed by atoms with Gasteiger partial charge in [0.05, 0.1) is 0 Å². The minimum Gasteiger partial charge on any atom is -0.578 e. The van der Waals surface area contributed by atoms with Crippen molar-refractivity contribution in [2.24, 2.45) is 0 Å². The van der Waals surface area contributed by atoms with E-state index in [-0.39, 0.29) is 0 Å². The van der Waals surface area contributed by atoms with Crippen LogP contribution in [0.25, 0.3) is 0 Å². The Morgan fingerprint density at radius 2 is 2.25 bits per heavy atom. The number of pyridine rings is 1. The first-order valence-corrected chi connectivity index (χ1v) is 2.16. The molecule has 1 rings (SSSR count). The van der Waals surface area contributed by atoms with Crippen LogP contribution in [0.15, 0.2) is 18.3 Å². The smallest absolute Gasteiger partial charge is 0.212 e. The summed E-state index contributed by atoms with van der Waals surface area (Å²) in [7, 11) is 5.20. The van der Waals surface area contributed by atoms with Gasteiger partial charge in [-0.3, -0.25) is 5.46 Å². The van der Waals surface area contributed by atoms with Crippen LogP contribution in [0.4, 0.5) is 4.39 Å². The maximum atomic E-state index is 11.9. The van der Waals surface area contributed by atoms with Gasteiger partial charge in [-0.2, -0.15) is 4.39 Å². The average molecular weight is 107 g/mol. The second-order valence-corrected chi connectivity index (χ2v) is 1.41. The van der Waals surface area contributed by atoms with Crippen LogP contribution in [0.1, 0.15) is 0 Å². The highest BCUT2D eigenvalue weighted by Gasteiger charge is 1.79. The molecule has 0 spiro atoms. The zero-order valence-electron chi connectivity index (χ0n) is 4.13. The minimum atomic E-state index is -0.501. The van der Waals surface area contributed by atoms with E-state index in [4.69, 9.17) is 7.85 Å². The predicted octanol–water partition coefficient (Wildman–Crippen LogP) is 0.0145. The third-order valence-corrected chi connectivity index (χ3v) is 0.750. The fraction of sp³-hybridized carbons (Fsp3) is 0. The van der Waals surface area contributed by atoms with Gasteiger partial charge in [-0.25, -0.2) is 4.98 Å². The van der Waals surface area contributed by atoms with Crippen molar-refractivity contribution in [3.63, 3.8) is 0 Å². The Morgan fingerprint density at radius 1 is 1.50 bits per heavy atom. The van der Waals surface area contributed by atoms with Crippen molar-refractivity contribution in [3.05, 3.63) is 24.3 Å². The van der Waals surface area contributed by atoms with Crippen LogP contribution in [0.2, 0.25) is 0 Å². The zero-order valence-corrected chi connectivity index (χ0v) is 4.13. The number of halogens is 1. The maximum absolute atomic E-state index is 11.9. The second kappa shape index (κ2) is 1.94. The van der Waals surface area contributed by atoms with Crippen molar-refractivity contribution < 1.29 is 4.39 Å². The fourth-order valence-corrected chi connectivity index (χ4v) is 0.387. The predicted molar refractivity (Wildman–Crippen MR) is 29.6 cm³/mol. The Bertz CT molecular complexity index is 151. The lowest BCUT2D eigenvalue weighted by Crippen LogP contribution is -2.02. The van der Waals surface area contributed by atoms with E-state index < -0.39 is 5.95 Å². The Hall–Kier alpha value is -0.855. The van der Waals surface area contributed by atoms with Gasteiger partial charge in [0.25, 0.3) is 0 Å². The van der Waals surface area contributed by atoms with Crippen LogP contribution in [-0.2, 0) is 0 Å². The molecule has 1 heterocycles. The molecule has 0 aliphatic rings. The lowest BCUT2D eigenvalue weighted by molar-refractivity contribution is 0.584. The van der Waals surface area contributed by atoms with Gasteiger partial charge in [-0.15, -0.1) is 6.07 Å². The van der Waals surface area contributed by atoms with Crippen LogP contribution in [-0.4, -0.2) is 12.8 Å². The van der Waals surface area contributed by atoms with E-state index in [1.165, 1.54) is 18.3 Å². The Labute approximate surface area is 48.0 Å². The number of hydrogen-bond acceptors (Lipinski definition) is 1. The van der Waals surface area contributed by atoms with Gasteiger partial charge >= 0.3 is 0 Å². The van der Waals surface area contributed by atoms with Gasteiger partial charge in [0.1, 0.15) is 0 Å². The molecule has 0 N–H and O–H groups in total. The van der Waals surface area contributed by atoms with Crippen molar-refractivity contribution in [2.75, 3.05) is 0 Å². The third-order valence-electron chi connectivity index (χ3n) is 0.750. The quantitative estimate of drug-likeness (QED) is 0.336. The van der Waals surface area contributed by atoms with Gasteiger partial charge in [-0.1, -0.05) is 0 Å². The molecule has 0 saturated carbocycles. The highest BCUT2D eigenvalue weighted by atomic mass is 19.1. The highest BCUT2D eigenvalue weighted by Crippen LogP contribution is 1.83. The van der Waals surface area contributed by atoms with E-state index in [2.05, 4.69) is 4.98 Å². The van der Waals surface area contributed by atoms with Crippen LogP contribution in [0.3, 0.4) is 0 Å². The van der Waals surface area contributed by atoms with Crippen molar-refractivity contribution in [1.82, 2.24) is 4.98 Å². The molecule has 1 aromatic rings. The number of nitrogens with zero attached hydrogens (tertiary/aromatic N) is 1. The summed E-state index contributed by atoms with van der Waals surface area (Å²) in [6.07, 6.45) is 1.27. The largest absolute Gasteiger partial charge is 0.578 e. The molecular formula is C5H3BFN-. The van der Waals surface area contributed by atoms with Crippen LogP contribution < -0.4 is 5.46 Å². The molecule has 1 nitrogen and oxygen atoms in total. The van der Waals surface area contributed by atoms with Crippen molar-refractivity contribution >= 4 is 13.3 Å². The summed E-state index contributed by atoms with van der Waals surface area (Å²) >= 11 is 0. The van der Waals surface area contributed by atoms with Gasteiger partial charge in [0, 0.05) is 0 Å². The van der Waals surface area contributed by atoms with Crippen molar-refractivity contribution in [1.29, 1.82) is 0 Å². The van der Waals surface area contributed by atoms with Crippen LogP contribution in [0.5, 0.6) is 0 Å². The standard InChI is InChI=1S/C5H3BFN/c6-4-1-2-5(7)8-3-4/h1-3H/q-1. The molecule has 3 radical (unpaired) electrons. The molecule has 39 valence electrons. The lowest BCUT2D eigenvalue weighted by Gasteiger charge is -2.00. The highest BCUT2D eigenvalue weighted by molar-refractivity contribution is 6.31. The molecule has 0 aromatic carbocycles. The first-order chi connectivity index (χ1) is 3.79. The normalized spacial score (nSPS) is 9.25. The molecule has 0 atom stereocenters. The SMILES string of the molecule is [B-]c1ccc(F)nc1. The van der Waals surface area contributed by atoms with Crippen LogP contribution >= 0.6 is 0 Å². The second-order valence-electron chi connectivity index (χ2n) is 1.41. The lowest BCUT2D eigenvalue weighted by atomic mass is 9.99. The number of hydrogen-bond donors (Lipinski definition) is 0. The molecule has 0 saturated heterocycles. The van der Waals surface area contributed by atoms with E-state index in [1.54, 1.807) is 0 Å². The van der Waals surface area contributed by atoms with E-state index >= 15 is 0 Å². The molecule has 0 aliphatic heterocycles. The maximum Gasteiger partial charge on any atom is 0.212 e. The molecule has 0 amide bonds. The topological polar surface area (TPSA) is 12.9 Å². The van der Waals surface area contributed by atoms with Crippen molar-refractivity contribution in [2.45, 2.75) is 0 Å². The fourth-order valence-electron chi connectivity index (χ4n) is 0.387. The van der Waals surface area contributed by atoms with Gasteiger partial charge in [0.2, 0.25) is 5.95 Å². The summed E-state index contributed by atoms with van der Waals surface area (Å²) in [6, 6.07) is 2.68. The molecule has 3 heteroatoms. The van der Waals surface area contributed by atoms with Gasteiger partial charge < -0.3 is 7.85 Å². The number of aromatic nitrogens is 1. The minimum absolute atomic E-state index is 0.478. The molecular weight excluding hydrogens is 104 g/mol. The zero-order chi connectivity index (χ0) is 5.98. The Kier molecular flexibility index (Phi) is 1.28. The summed E-state index contributed by atoms with van der Waals surface area (Å²) in [5.41, 5.74) is 0.478. The summed E-state index contributed by atoms with van der Waals surface area (Å²) < 4.78 is 11.9. The first-order valence-electron chi connectivity index (χ1n) is 2.16. The summed E-state index contributed by atoms with van der Waals surface area (Å²) in [5.74, 6) is -0.501. The van der Waals surface area contributed by atoms with E-state index in [1.807, 2.05) is 0 Å². The Morgan fingerprint density at radius 3 is 2.62 bits per heavy atom. The van der Waals surface area contributed by atoms with Crippen molar-refractivity contribution in [3.8, 4) is 0 Å². The average Bonchev–Trinajstić information content (AvgIpc) is 1.77. The molecule has 0 unspecified atom stereocenters. The van der Waals surface area contributed by atoms with E-state index in [0.29, 0.717) is 5.46 Å². The monoisotopic (exact) mass is 107 g/mol. The van der Waals surface area contributed by atoms with Gasteiger partial charge in [0.15, 0.2) is 0 Å². The molecule has 1 aromatic heterocycles. The molecule has 8 heavy (non-hydrogen) atoms. The number of rotatable bonds is 0. The summed E-state index contributed by atoms with van der Waals surface area (Å²) in [4.78, 5) is 3.29. The molecule has 0 fully saturated rings. The molecule has 0 aliphatic carbocycles. The third kappa shape index (κ3) is 1.06. The first kappa shape index (κ1) is 5.28. The van der Waals surface area contributed by atoms with E-state index in [9.17, 15) is 4.39 Å². The summed E-state index contributed by atoms with van der Waals surface area (Å²) in [5, 5.41) is 0. The molecule has 0 bridgehead atoms. The van der Waals surface area contributed by atoms with Crippen LogP contribution in [0, 0.1) is 5.95 Å². The Balaban J connectivity index is 3.03.